The van der Waals surface area contributed by atoms with E-state index in [1.165, 1.54) is 20.3 Å². The normalized spacial score (nSPS) is 11.4. The Morgan fingerprint density at radius 3 is 2.31 bits per heavy atom. The van der Waals surface area contributed by atoms with Crippen LogP contribution in [0.3, 0.4) is 0 Å². The van der Waals surface area contributed by atoms with Crippen molar-refractivity contribution in [2.24, 2.45) is 0 Å². The van der Waals surface area contributed by atoms with Gasteiger partial charge in [0.05, 0.1) is 12.2 Å². The van der Waals surface area contributed by atoms with Crippen molar-refractivity contribution in [2.75, 3.05) is 14.1 Å². The fourth-order valence-corrected chi connectivity index (χ4v) is 3.53. The monoisotopic (exact) mass is 414 g/mol. The Morgan fingerprint density at radius 1 is 1.07 bits per heavy atom. The van der Waals surface area contributed by atoms with Crippen molar-refractivity contribution >= 4 is 16.3 Å². The first-order valence-corrected chi connectivity index (χ1v) is 10.3. The van der Waals surface area contributed by atoms with Crippen LogP contribution in [0.4, 0.5) is 4.79 Å². The van der Waals surface area contributed by atoms with Crippen LogP contribution < -0.4 is 5.32 Å². The molecule has 3 rings (SSSR count). The number of benzene rings is 2. The second kappa shape index (κ2) is 8.89. The Kier molecular flexibility index (Phi) is 6.30. The molecule has 0 aliphatic carbocycles. The highest BCUT2D eigenvalue weighted by Gasteiger charge is 2.23. The average Bonchev–Trinajstić information content (AvgIpc) is 3.17. The number of alkyl carbamates (subject to hydrolysis) is 1. The molecule has 0 atom stereocenters. The second-order valence-electron chi connectivity index (χ2n) is 6.41. The second-order valence-corrected chi connectivity index (χ2v) is 8.43. The summed E-state index contributed by atoms with van der Waals surface area (Å²) in [5.41, 5.74) is 2.12. The number of carbonyl (C=O) groups is 1. The Balaban J connectivity index is 1.76. The zero-order valence-corrected chi connectivity index (χ0v) is 17.0. The first kappa shape index (κ1) is 20.6. The third-order valence-corrected chi connectivity index (χ3v) is 5.86. The molecule has 0 spiro atoms. The van der Waals surface area contributed by atoms with Gasteiger partial charge in [0.1, 0.15) is 12.4 Å². The molecule has 2 aromatic carbocycles. The molecule has 0 aliphatic rings. The van der Waals surface area contributed by atoms with Crippen molar-refractivity contribution in [2.45, 2.75) is 13.2 Å². The molecule has 0 unspecified atom stereocenters. The molecule has 0 bridgehead atoms. The summed E-state index contributed by atoms with van der Waals surface area (Å²) in [4.78, 5) is 16.4. The molecule has 152 valence electrons. The number of rotatable bonds is 7. The maximum absolute atomic E-state index is 12.7. The fourth-order valence-electron chi connectivity index (χ4n) is 2.57. The van der Waals surface area contributed by atoms with Crippen molar-refractivity contribution in [3.8, 4) is 11.3 Å². The number of aromatic nitrogens is 2. The van der Waals surface area contributed by atoms with Gasteiger partial charge in [0.25, 0.3) is 0 Å². The van der Waals surface area contributed by atoms with Gasteiger partial charge in [0, 0.05) is 25.9 Å². The Morgan fingerprint density at radius 2 is 1.69 bits per heavy atom. The van der Waals surface area contributed by atoms with Crippen LogP contribution in [0.2, 0.25) is 0 Å². The van der Waals surface area contributed by atoms with E-state index in [2.05, 4.69) is 10.3 Å². The molecule has 8 nitrogen and oxygen atoms in total. The highest BCUT2D eigenvalue weighted by Crippen LogP contribution is 2.20. The third-order valence-electron chi connectivity index (χ3n) is 4.13. The van der Waals surface area contributed by atoms with Gasteiger partial charge in [0.15, 0.2) is 0 Å². The van der Waals surface area contributed by atoms with E-state index >= 15 is 0 Å². The van der Waals surface area contributed by atoms with E-state index in [4.69, 9.17) is 4.74 Å². The van der Waals surface area contributed by atoms with Crippen LogP contribution in [-0.4, -0.2) is 41.9 Å². The van der Waals surface area contributed by atoms with Crippen LogP contribution >= 0.6 is 0 Å². The molecule has 0 saturated heterocycles. The Labute approximate surface area is 169 Å². The first-order chi connectivity index (χ1) is 13.9. The van der Waals surface area contributed by atoms with Gasteiger partial charge in [-0.15, -0.1) is 0 Å². The predicted octanol–water partition coefficient (Wildman–Crippen LogP) is 2.63. The van der Waals surface area contributed by atoms with Gasteiger partial charge in [-0.1, -0.05) is 60.7 Å². The van der Waals surface area contributed by atoms with E-state index < -0.39 is 16.3 Å². The number of nitrogens with one attached hydrogen (secondary N) is 1. The van der Waals surface area contributed by atoms with Gasteiger partial charge < -0.3 is 10.1 Å². The SMILES string of the molecule is CN(C)S(=O)(=O)n1cc(-c2ccccc2)nc1CNC(=O)OCc1ccccc1. The fraction of sp³-hybridized carbons (Fsp3) is 0.200. The summed E-state index contributed by atoms with van der Waals surface area (Å²) in [6.45, 7) is 0.0138. The molecule has 0 fully saturated rings. The van der Waals surface area contributed by atoms with Crippen molar-refractivity contribution < 1.29 is 17.9 Å². The maximum Gasteiger partial charge on any atom is 0.407 e. The van der Waals surface area contributed by atoms with Crippen molar-refractivity contribution in [3.63, 3.8) is 0 Å². The van der Waals surface area contributed by atoms with Crippen LogP contribution in [0.25, 0.3) is 11.3 Å². The van der Waals surface area contributed by atoms with E-state index in [0.29, 0.717) is 5.69 Å². The summed E-state index contributed by atoms with van der Waals surface area (Å²) in [6, 6.07) is 18.5. The van der Waals surface area contributed by atoms with E-state index in [1.54, 1.807) is 0 Å². The molecule has 0 aliphatic heterocycles. The summed E-state index contributed by atoms with van der Waals surface area (Å²) in [5.74, 6) is 0.175. The summed E-state index contributed by atoms with van der Waals surface area (Å²) < 4.78 is 32.6. The van der Waals surface area contributed by atoms with Crippen LogP contribution in [0.5, 0.6) is 0 Å². The maximum atomic E-state index is 12.7. The molecule has 9 heteroatoms. The standard InChI is InChI=1S/C20H22N4O4S/c1-23(2)29(26,27)24-14-18(17-11-7-4-8-12-17)22-19(24)13-21-20(25)28-15-16-9-5-3-6-10-16/h3-12,14H,13,15H2,1-2H3,(H,21,25). The van der Waals surface area contributed by atoms with E-state index in [0.717, 1.165) is 19.4 Å². The minimum atomic E-state index is -3.80. The highest BCUT2D eigenvalue weighted by molar-refractivity contribution is 7.87. The third kappa shape index (κ3) is 5.01. The van der Waals surface area contributed by atoms with Crippen LogP contribution in [-0.2, 0) is 28.1 Å². The molecule has 3 aromatic rings. The molecule has 29 heavy (non-hydrogen) atoms. The quantitative estimate of drug-likeness (QED) is 0.641. The molecular formula is C20H22N4O4S. The van der Waals surface area contributed by atoms with Gasteiger partial charge in [-0.3, -0.25) is 0 Å². The Hall–Kier alpha value is -3.17. The largest absolute Gasteiger partial charge is 0.445 e. The topological polar surface area (TPSA) is 93.5 Å². The lowest BCUT2D eigenvalue weighted by atomic mass is 10.2. The zero-order valence-electron chi connectivity index (χ0n) is 16.1. The number of carbonyl (C=O) groups excluding carboxylic acids is 1. The number of hydrogen-bond acceptors (Lipinski definition) is 5. The smallest absolute Gasteiger partial charge is 0.407 e. The van der Waals surface area contributed by atoms with Gasteiger partial charge in [-0.05, 0) is 5.56 Å². The molecule has 1 amide bonds. The first-order valence-electron chi connectivity index (χ1n) is 8.89. The van der Waals surface area contributed by atoms with Gasteiger partial charge in [0.2, 0.25) is 0 Å². The van der Waals surface area contributed by atoms with E-state index in [9.17, 15) is 13.2 Å². The molecule has 1 N–H and O–H groups in total. The van der Waals surface area contributed by atoms with Gasteiger partial charge in [-0.2, -0.15) is 12.7 Å². The average molecular weight is 414 g/mol. The number of amides is 1. The zero-order chi connectivity index (χ0) is 20.9. The lowest BCUT2D eigenvalue weighted by Crippen LogP contribution is -2.32. The summed E-state index contributed by atoms with van der Waals surface area (Å²) >= 11 is 0. The number of nitrogens with zero attached hydrogens (tertiary/aromatic N) is 3. The van der Waals surface area contributed by atoms with Crippen molar-refractivity contribution in [3.05, 3.63) is 78.2 Å². The van der Waals surface area contributed by atoms with Gasteiger partial charge >= 0.3 is 16.3 Å². The lowest BCUT2D eigenvalue weighted by molar-refractivity contribution is 0.139. The van der Waals surface area contributed by atoms with Gasteiger partial charge in [-0.25, -0.2) is 13.8 Å². The molecule has 0 radical (unpaired) electrons. The molecule has 1 aromatic heterocycles. The highest BCUT2D eigenvalue weighted by atomic mass is 32.2. The van der Waals surface area contributed by atoms with Crippen LogP contribution in [0, 0.1) is 0 Å². The summed E-state index contributed by atoms with van der Waals surface area (Å²) in [7, 11) is -0.936. The summed E-state index contributed by atoms with van der Waals surface area (Å²) in [5, 5.41) is 2.56. The predicted molar refractivity (Wildman–Crippen MR) is 109 cm³/mol. The van der Waals surface area contributed by atoms with Crippen molar-refractivity contribution in [1.29, 1.82) is 0 Å². The van der Waals surface area contributed by atoms with Crippen LogP contribution in [0.15, 0.2) is 66.9 Å². The lowest BCUT2D eigenvalue weighted by Gasteiger charge is -2.14. The summed E-state index contributed by atoms with van der Waals surface area (Å²) in [6.07, 6.45) is 0.781. The number of ether oxygens (including phenoxy) is 1. The van der Waals surface area contributed by atoms with E-state index in [-0.39, 0.29) is 19.0 Å². The van der Waals surface area contributed by atoms with Crippen LogP contribution in [0.1, 0.15) is 11.4 Å². The number of hydrogen-bond donors (Lipinski definition) is 1. The molecular weight excluding hydrogens is 392 g/mol. The van der Waals surface area contributed by atoms with E-state index in [1.807, 2.05) is 60.7 Å². The minimum Gasteiger partial charge on any atom is -0.445 e. The minimum absolute atomic E-state index is 0.104. The van der Waals surface area contributed by atoms with Crippen molar-refractivity contribution in [1.82, 2.24) is 18.6 Å². The number of imidazole rings is 1. The molecule has 0 saturated carbocycles. The Bertz CT molecular complexity index is 1060. The molecule has 1 heterocycles.